The predicted molar refractivity (Wildman–Crippen MR) is 69.4 cm³/mol. The summed E-state index contributed by atoms with van der Waals surface area (Å²) in [6.45, 7) is 2.79. The van der Waals surface area contributed by atoms with Gasteiger partial charge in [0.05, 0.1) is 10.0 Å². The second-order valence-electron chi connectivity index (χ2n) is 3.28. The second kappa shape index (κ2) is 5.29. The van der Waals surface area contributed by atoms with Crippen LogP contribution in [0.3, 0.4) is 0 Å². The van der Waals surface area contributed by atoms with Crippen molar-refractivity contribution < 1.29 is 0 Å². The molecule has 2 rings (SSSR count). The van der Waals surface area contributed by atoms with Crippen molar-refractivity contribution in [3.05, 3.63) is 34.6 Å². The molecule has 0 radical (unpaired) electrons. The lowest BCUT2D eigenvalue weighted by molar-refractivity contribution is 1.10. The molecule has 2 aromatic heterocycles. The summed E-state index contributed by atoms with van der Waals surface area (Å²) in [5.74, 6) is 1.22. The number of aromatic nitrogens is 3. The molecule has 4 nitrogen and oxygen atoms in total. The van der Waals surface area contributed by atoms with E-state index in [1.165, 1.54) is 6.20 Å². The highest BCUT2D eigenvalue weighted by Gasteiger charge is 2.09. The SMILES string of the molecule is CCNc1ccnc(-c2ncc(Cl)cc2Cl)n1. The molecule has 0 saturated carbocycles. The molecule has 0 atom stereocenters. The molecule has 0 fully saturated rings. The first-order valence-corrected chi connectivity index (χ1v) is 5.84. The third-order valence-electron chi connectivity index (χ3n) is 2.03. The molecular formula is C11H10Cl2N4. The molecule has 0 saturated heterocycles. The Labute approximate surface area is 109 Å². The summed E-state index contributed by atoms with van der Waals surface area (Å²) >= 11 is 11.8. The van der Waals surface area contributed by atoms with E-state index in [-0.39, 0.29) is 0 Å². The Kier molecular flexibility index (Phi) is 3.76. The molecule has 0 spiro atoms. The topological polar surface area (TPSA) is 50.7 Å². The van der Waals surface area contributed by atoms with Crippen molar-refractivity contribution in [2.75, 3.05) is 11.9 Å². The van der Waals surface area contributed by atoms with E-state index in [1.807, 2.05) is 6.92 Å². The number of hydrogen-bond acceptors (Lipinski definition) is 4. The summed E-state index contributed by atoms with van der Waals surface area (Å²) in [4.78, 5) is 12.6. The molecule has 0 bridgehead atoms. The number of halogens is 2. The highest BCUT2D eigenvalue weighted by molar-refractivity contribution is 6.35. The average Bonchev–Trinajstić information content (AvgIpc) is 2.29. The first kappa shape index (κ1) is 12.1. The minimum absolute atomic E-state index is 0.436. The zero-order valence-corrected chi connectivity index (χ0v) is 10.6. The average molecular weight is 269 g/mol. The maximum atomic E-state index is 6.05. The van der Waals surface area contributed by atoms with E-state index in [4.69, 9.17) is 23.2 Å². The van der Waals surface area contributed by atoms with Crippen LogP contribution in [-0.2, 0) is 0 Å². The van der Waals surface area contributed by atoms with E-state index >= 15 is 0 Å². The van der Waals surface area contributed by atoms with Crippen molar-refractivity contribution in [3.63, 3.8) is 0 Å². The molecule has 88 valence electrons. The Morgan fingerprint density at radius 3 is 2.82 bits per heavy atom. The van der Waals surface area contributed by atoms with Gasteiger partial charge in [-0.2, -0.15) is 0 Å². The zero-order valence-electron chi connectivity index (χ0n) is 9.11. The number of nitrogens with one attached hydrogen (secondary N) is 1. The van der Waals surface area contributed by atoms with Gasteiger partial charge in [-0.3, -0.25) is 0 Å². The van der Waals surface area contributed by atoms with Gasteiger partial charge in [-0.1, -0.05) is 23.2 Å². The Balaban J connectivity index is 2.42. The number of nitrogens with zero attached hydrogens (tertiary/aromatic N) is 3. The van der Waals surface area contributed by atoms with Crippen LogP contribution in [0, 0.1) is 0 Å². The lowest BCUT2D eigenvalue weighted by atomic mass is 10.3. The van der Waals surface area contributed by atoms with Crippen LogP contribution in [0.2, 0.25) is 10.0 Å². The highest BCUT2D eigenvalue weighted by atomic mass is 35.5. The Bertz CT molecular complexity index is 531. The molecule has 0 aromatic carbocycles. The molecule has 0 aliphatic rings. The minimum Gasteiger partial charge on any atom is -0.370 e. The van der Waals surface area contributed by atoms with Crippen molar-refractivity contribution in [2.24, 2.45) is 0 Å². The van der Waals surface area contributed by atoms with Crippen LogP contribution in [0.4, 0.5) is 5.82 Å². The molecule has 2 aromatic rings. The first-order valence-electron chi connectivity index (χ1n) is 5.09. The fraction of sp³-hybridized carbons (Fsp3) is 0.182. The van der Waals surface area contributed by atoms with Crippen LogP contribution in [0.25, 0.3) is 11.5 Å². The number of pyridine rings is 1. The van der Waals surface area contributed by atoms with Crippen LogP contribution in [0.15, 0.2) is 24.5 Å². The Morgan fingerprint density at radius 1 is 1.29 bits per heavy atom. The van der Waals surface area contributed by atoms with E-state index in [0.29, 0.717) is 21.6 Å². The number of hydrogen-bond donors (Lipinski definition) is 1. The lowest BCUT2D eigenvalue weighted by Gasteiger charge is -2.05. The van der Waals surface area contributed by atoms with Gasteiger partial charge in [0, 0.05) is 18.9 Å². The third-order valence-corrected chi connectivity index (χ3v) is 2.53. The van der Waals surface area contributed by atoms with Gasteiger partial charge in [-0.25, -0.2) is 15.0 Å². The van der Waals surface area contributed by atoms with Crippen LogP contribution in [-0.4, -0.2) is 21.5 Å². The van der Waals surface area contributed by atoms with Gasteiger partial charge < -0.3 is 5.32 Å². The van der Waals surface area contributed by atoms with E-state index in [9.17, 15) is 0 Å². The van der Waals surface area contributed by atoms with Crippen LogP contribution < -0.4 is 5.32 Å². The summed E-state index contributed by atoms with van der Waals surface area (Å²) in [7, 11) is 0. The van der Waals surface area contributed by atoms with Crippen LogP contribution >= 0.6 is 23.2 Å². The summed E-state index contributed by atoms with van der Waals surface area (Å²) in [5, 5.41) is 4.02. The second-order valence-corrected chi connectivity index (χ2v) is 4.12. The molecule has 17 heavy (non-hydrogen) atoms. The molecule has 0 amide bonds. The zero-order chi connectivity index (χ0) is 12.3. The normalized spacial score (nSPS) is 10.3. The highest BCUT2D eigenvalue weighted by Crippen LogP contribution is 2.25. The molecule has 6 heteroatoms. The van der Waals surface area contributed by atoms with Crippen LogP contribution in [0.1, 0.15) is 6.92 Å². The number of anilines is 1. The summed E-state index contributed by atoms with van der Waals surface area (Å²) in [6, 6.07) is 3.41. The standard InChI is InChI=1S/C11H10Cl2N4/c1-2-14-9-3-4-15-11(17-9)10-8(13)5-7(12)6-16-10/h3-6H,2H2,1H3,(H,14,15,17). The van der Waals surface area contributed by atoms with Gasteiger partial charge in [0.15, 0.2) is 5.82 Å². The van der Waals surface area contributed by atoms with Gasteiger partial charge in [0.25, 0.3) is 0 Å². The third kappa shape index (κ3) is 2.84. The minimum atomic E-state index is 0.436. The van der Waals surface area contributed by atoms with E-state index < -0.39 is 0 Å². The predicted octanol–water partition coefficient (Wildman–Crippen LogP) is 3.28. The number of rotatable bonds is 3. The van der Waals surface area contributed by atoms with Crippen molar-refractivity contribution in [1.29, 1.82) is 0 Å². The van der Waals surface area contributed by atoms with Gasteiger partial charge >= 0.3 is 0 Å². The van der Waals surface area contributed by atoms with Crippen molar-refractivity contribution >= 4 is 29.0 Å². The van der Waals surface area contributed by atoms with Crippen LogP contribution in [0.5, 0.6) is 0 Å². The summed E-state index contributed by atoms with van der Waals surface area (Å²) < 4.78 is 0. The maximum absolute atomic E-state index is 6.05. The summed E-state index contributed by atoms with van der Waals surface area (Å²) in [5.41, 5.74) is 0.524. The van der Waals surface area contributed by atoms with Crippen molar-refractivity contribution in [2.45, 2.75) is 6.92 Å². The van der Waals surface area contributed by atoms with Crippen molar-refractivity contribution in [1.82, 2.24) is 15.0 Å². The van der Waals surface area contributed by atoms with Gasteiger partial charge in [0.1, 0.15) is 11.5 Å². The van der Waals surface area contributed by atoms with Gasteiger partial charge in [-0.15, -0.1) is 0 Å². The quantitative estimate of drug-likeness (QED) is 0.929. The molecule has 0 aliphatic heterocycles. The maximum Gasteiger partial charge on any atom is 0.181 e. The Morgan fingerprint density at radius 2 is 2.12 bits per heavy atom. The lowest BCUT2D eigenvalue weighted by Crippen LogP contribution is -2.01. The molecule has 0 aliphatic carbocycles. The molecule has 2 heterocycles. The summed E-state index contributed by atoms with van der Waals surface area (Å²) in [6.07, 6.45) is 3.18. The Hall–Kier alpha value is -1.39. The van der Waals surface area contributed by atoms with E-state index in [2.05, 4.69) is 20.3 Å². The van der Waals surface area contributed by atoms with Gasteiger partial charge in [-0.05, 0) is 19.1 Å². The first-order chi connectivity index (χ1) is 8.20. The van der Waals surface area contributed by atoms with Crippen molar-refractivity contribution in [3.8, 4) is 11.5 Å². The van der Waals surface area contributed by atoms with E-state index in [1.54, 1.807) is 18.3 Å². The molecule has 0 unspecified atom stereocenters. The fourth-order valence-electron chi connectivity index (χ4n) is 1.33. The molecule has 1 N–H and O–H groups in total. The van der Waals surface area contributed by atoms with E-state index in [0.717, 1.165) is 12.4 Å². The molecular weight excluding hydrogens is 259 g/mol. The monoisotopic (exact) mass is 268 g/mol. The smallest absolute Gasteiger partial charge is 0.181 e. The largest absolute Gasteiger partial charge is 0.370 e. The van der Waals surface area contributed by atoms with Gasteiger partial charge in [0.2, 0.25) is 0 Å². The fourth-order valence-corrected chi connectivity index (χ4v) is 1.80.